The third-order valence-corrected chi connectivity index (χ3v) is 3.35. The van der Waals surface area contributed by atoms with Gasteiger partial charge in [-0.25, -0.2) is 4.98 Å². The Bertz CT molecular complexity index is 327. The van der Waals surface area contributed by atoms with E-state index in [-0.39, 0.29) is 0 Å². The van der Waals surface area contributed by atoms with Gasteiger partial charge in [-0.3, -0.25) is 4.90 Å². The van der Waals surface area contributed by atoms with E-state index in [1.165, 1.54) is 31.5 Å². The quantitative estimate of drug-likeness (QED) is 0.734. The second-order valence-electron chi connectivity index (χ2n) is 4.28. The van der Waals surface area contributed by atoms with Crippen LogP contribution in [0.3, 0.4) is 0 Å². The molecule has 0 amide bonds. The van der Waals surface area contributed by atoms with Gasteiger partial charge in [-0.1, -0.05) is 24.9 Å². The first-order valence-corrected chi connectivity index (χ1v) is 5.98. The summed E-state index contributed by atoms with van der Waals surface area (Å²) < 4.78 is 0. The number of rotatable bonds is 3. The highest BCUT2D eigenvalue weighted by Crippen LogP contribution is 2.21. The van der Waals surface area contributed by atoms with E-state index in [1.54, 1.807) is 6.20 Å². The Morgan fingerprint density at radius 3 is 3.13 bits per heavy atom. The maximum atomic E-state index is 5.86. The summed E-state index contributed by atoms with van der Waals surface area (Å²) in [5, 5.41) is 0.596. The van der Waals surface area contributed by atoms with E-state index in [9.17, 15) is 0 Å². The molecule has 15 heavy (non-hydrogen) atoms. The van der Waals surface area contributed by atoms with E-state index in [2.05, 4.69) is 16.8 Å². The molecule has 2 heterocycles. The number of likely N-dealkylation sites (tertiary alicyclic amines) is 1. The van der Waals surface area contributed by atoms with Gasteiger partial charge in [-0.15, -0.1) is 0 Å². The first kappa shape index (κ1) is 10.9. The minimum Gasteiger partial charge on any atom is -0.299 e. The van der Waals surface area contributed by atoms with E-state index >= 15 is 0 Å². The van der Waals surface area contributed by atoms with Crippen LogP contribution < -0.4 is 0 Å². The van der Waals surface area contributed by atoms with E-state index in [4.69, 9.17) is 11.6 Å². The lowest BCUT2D eigenvalue weighted by Crippen LogP contribution is -2.19. The standard InChI is InChI=1S/C12H17ClN2/c1-2-10-4-6-15(8-10)9-11-3-5-14-12(13)7-11/h3,5,7,10H,2,4,6,8-9H2,1H3. The van der Waals surface area contributed by atoms with Crippen molar-refractivity contribution in [2.45, 2.75) is 26.3 Å². The van der Waals surface area contributed by atoms with Gasteiger partial charge < -0.3 is 0 Å². The zero-order valence-electron chi connectivity index (χ0n) is 9.12. The molecule has 0 spiro atoms. The molecule has 1 aromatic heterocycles. The van der Waals surface area contributed by atoms with Crippen molar-refractivity contribution < 1.29 is 0 Å². The van der Waals surface area contributed by atoms with Gasteiger partial charge in [0.2, 0.25) is 0 Å². The van der Waals surface area contributed by atoms with Crippen molar-refractivity contribution in [3.05, 3.63) is 29.0 Å². The van der Waals surface area contributed by atoms with Crippen LogP contribution in [0, 0.1) is 5.92 Å². The predicted molar refractivity (Wildman–Crippen MR) is 62.9 cm³/mol. The third-order valence-electron chi connectivity index (χ3n) is 3.14. The summed E-state index contributed by atoms with van der Waals surface area (Å²) in [5.41, 5.74) is 1.27. The average Bonchev–Trinajstić information content (AvgIpc) is 2.65. The molecule has 1 aromatic rings. The van der Waals surface area contributed by atoms with Crippen molar-refractivity contribution in [3.63, 3.8) is 0 Å². The van der Waals surface area contributed by atoms with Crippen molar-refractivity contribution in [1.82, 2.24) is 9.88 Å². The number of halogens is 1. The first-order valence-electron chi connectivity index (χ1n) is 5.60. The van der Waals surface area contributed by atoms with Gasteiger partial charge >= 0.3 is 0 Å². The second-order valence-corrected chi connectivity index (χ2v) is 4.67. The molecule has 82 valence electrons. The fraction of sp³-hybridized carbons (Fsp3) is 0.583. The monoisotopic (exact) mass is 224 g/mol. The van der Waals surface area contributed by atoms with Crippen molar-refractivity contribution in [3.8, 4) is 0 Å². The van der Waals surface area contributed by atoms with E-state index in [0.29, 0.717) is 5.15 Å². The maximum Gasteiger partial charge on any atom is 0.129 e. The fourth-order valence-corrected chi connectivity index (χ4v) is 2.39. The summed E-state index contributed by atoms with van der Waals surface area (Å²) in [6, 6.07) is 4.01. The van der Waals surface area contributed by atoms with Crippen LogP contribution in [0.4, 0.5) is 0 Å². The summed E-state index contributed by atoms with van der Waals surface area (Å²) in [6.45, 7) is 5.74. The normalized spacial score (nSPS) is 22.1. The lowest BCUT2D eigenvalue weighted by Gasteiger charge is -2.15. The molecule has 2 rings (SSSR count). The molecule has 1 atom stereocenters. The summed E-state index contributed by atoms with van der Waals surface area (Å²) in [7, 11) is 0. The highest BCUT2D eigenvalue weighted by Gasteiger charge is 2.20. The van der Waals surface area contributed by atoms with E-state index in [1.807, 2.05) is 12.1 Å². The summed E-state index contributed by atoms with van der Waals surface area (Å²) >= 11 is 5.86. The number of hydrogen-bond donors (Lipinski definition) is 0. The highest BCUT2D eigenvalue weighted by atomic mass is 35.5. The van der Waals surface area contributed by atoms with Gasteiger partial charge in [0.25, 0.3) is 0 Å². The Kier molecular flexibility index (Phi) is 3.60. The van der Waals surface area contributed by atoms with Crippen molar-refractivity contribution in [2.24, 2.45) is 5.92 Å². The lowest BCUT2D eigenvalue weighted by atomic mass is 10.1. The zero-order valence-corrected chi connectivity index (χ0v) is 9.87. The topological polar surface area (TPSA) is 16.1 Å². The molecule has 1 aliphatic rings. The first-order chi connectivity index (χ1) is 7.28. The second kappa shape index (κ2) is 4.95. The lowest BCUT2D eigenvalue weighted by molar-refractivity contribution is 0.315. The molecule has 0 radical (unpaired) electrons. The van der Waals surface area contributed by atoms with Crippen LogP contribution in [0.5, 0.6) is 0 Å². The smallest absolute Gasteiger partial charge is 0.129 e. The van der Waals surface area contributed by atoms with Crippen LogP contribution >= 0.6 is 11.6 Å². The van der Waals surface area contributed by atoms with Gasteiger partial charge in [-0.05, 0) is 36.6 Å². The highest BCUT2D eigenvalue weighted by molar-refractivity contribution is 6.29. The third kappa shape index (κ3) is 2.93. The van der Waals surface area contributed by atoms with Crippen LogP contribution in [0.1, 0.15) is 25.3 Å². The zero-order chi connectivity index (χ0) is 10.7. The molecule has 1 fully saturated rings. The molecule has 1 aliphatic heterocycles. The Hall–Kier alpha value is -0.600. The number of pyridine rings is 1. The van der Waals surface area contributed by atoms with Crippen molar-refractivity contribution in [2.75, 3.05) is 13.1 Å². The molecule has 3 heteroatoms. The predicted octanol–water partition coefficient (Wildman–Crippen LogP) is 2.97. The largest absolute Gasteiger partial charge is 0.299 e. The van der Waals surface area contributed by atoms with Crippen LogP contribution in [-0.2, 0) is 6.54 Å². The summed E-state index contributed by atoms with van der Waals surface area (Å²) in [6.07, 6.45) is 4.42. The molecule has 0 bridgehead atoms. The van der Waals surface area contributed by atoms with Crippen molar-refractivity contribution in [1.29, 1.82) is 0 Å². The maximum absolute atomic E-state index is 5.86. The van der Waals surface area contributed by atoms with Gasteiger partial charge in [0.1, 0.15) is 5.15 Å². The average molecular weight is 225 g/mol. The molecule has 2 nitrogen and oxygen atoms in total. The van der Waals surface area contributed by atoms with Crippen molar-refractivity contribution >= 4 is 11.6 Å². The van der Waals surface area contributed by atoms with E-state index < -0.39 is 0 Å². The minimum atomic E-state index is 0.596. The van der Waals surface area contributed by atoms with Gasteiger partial charge in [0.15, 0.2) is 0 Å². The molecule has 0 saturated carbocycles. The Labute approximate surface area is 96.3 Å². The molecular formula is C12H17ClN2. The Balaban J connectivity index is 1.92. The molecule has 0 N–H and O–H groups in total. The van der Waals surface area contributed by atoms with Gasteiger partial charge in [0, 0.05) is 19.3 Å². The minimum absolute atomic E-state index is 0.596. The van der Waals surface area contributed by atoms with Gasteiger partial charge in [0.05, 0.1) is 0 Å². The summed E-state index contributed by atoms with van der Waals surface area (Å²) in [4.78, 5) is 6.49. The van der Waals surface area contributed by atoms with Gasteiger partial charge in [-0.2, -0.15) is 0 Å². The SMILES string of the molecule is CCC1CCN(Cc2ccnc(Cl)c2)C1. The number of nitrogens with zero attached hydrogens (tertiary/aromatic N) is 2. The Morgan fingerprint density at radius 2 is 2.47 bits per heavy atom. The molecule has 0 aliphatic carbocycles. The number of hydrogen-bond acceptors (Lipinski definition) is 2. The van der Waals surface area contributed by atoms with E-state index in [0.717, 1.165) is 12.5 Å². The van der Waals surface area contributed by atoms with Crippen LogP contribution in [0.15, 0.2) is 18.3 Å². The molecule has 1 saturated heterocycles. The fourth-order valence-electron chi connectivity index (χ4n) is 2.19. The van der Waals surface area contributed by atoms with Crippen LogP contribution in [-0.4, -0.2) is 23.0 Å². The van der Waals surface area contributed by atoms with Crippen LogP contribution in [0.25, 0.3) is 0 Å². The Morgan fingerprint density at radius 1 is 1.60 bits per heavy atom. The summed E-state index contributed by atoms with van der Waals surface area (Å²) in [5.74, 6) is 0.891. The molecular weight excluding hydrogens is 208 g/mol. The molecule has 1 unspecified atom stereocenters. The molecule has 0 aromatic carbocycles. The number of aromatic nitrogens is 1. The van der Waals surface area contributed by atoms with Crippen LogP contribution in [0.2, 0.25) is 5.15 Å².